The van der Waals surface area contributed by atoms with Crippen LogP contribution < -0.4 is 4.74 Å². The summed E-state index contributed by atoms with van der Waals surface area (Å²) in [5.74, 6) is 0.781. The molecular weight excluding hydrogens is 232 g/mol. The van der Waals surface area contributed by atoms with Crippen LogP contribution in [0, 0.1) is 0 Å². The number of carbonyl (C=O) groups excluding carboxylic acids is 1. The highest BCUT2D eigenvalue weighted by Gasteiger charge is 1.98. The van der Waals surface area contributed by atoms with E-state index in [2.05, 4.69) is 15.9 Å². The maximum absolute atomic E-state index is 10.6. The predicted molar refractivity (Wildman–Crippen MR) is 56.0 cm³/mol. The van der Waals surface area contributed by atoms with Crippen LogP contribution in [0.3, 0.4) is 0 Å². The number of ether oxygens (including phenoxy) is 1. The van der Waals surface area contributed by atoms with E-state index in [1.165, 1.54) is 0 Å². The summed E-state index contributed by atoms with van der Waals surface area (Å²) in [5, 5.41) is 0. The SMILES string of the molecule is COc1ccc(/C(C=O)=C/Br)cc1. The highest BCUT2D eigenvalue weighted by Crippen LogP contribution is 2.17. The normalized spacial score (nSPS) is 11.1. The molecule has 1 aromatic carbocycles. The number of rotatable bonds is 3. The maximum atomic E-state index is 10.6. The number of hydrogen-bond acceptors (Lipinski definition) is 2. The molecule has 0 fully saturated rings. The molecule has 0 spiro atoms. The fourth-order valence-corrected chi connectivity index (χ4v) is 1.31. The molecule has 2 nitrogen and oxygen atoms in total. The van der Waals surface area contributed by atoms with Crippen molar-refractivity contribution in [1.82, 2.24) is 0 Å². The van der Waals surface area contributed by atoms with Crippen LogP contribution in [-0.4, -0.2) is 13.4 Å². The lowest BCUT2D eigenvalue weighted by atomic mass is 10.1. The van der Waals surface area contributed by atoms with Gasteiger partial charge in [-0.15, -0.1) is 0 Å². The number of hydrogen-bond donors (Lipinski definition) is 0. The smallest absolute Gasteiger partial charge is 0.151 e. The van der Waals surface area contributed by atoms with Gasteiger partial charge in [-0.2, -0.15) is 0 Å². The summed E-state index contributed by atoms with van der Waals surface area (Å²) in [7, 11) is 1.61. The van der Waals surface area contributed by atoms with Crippen molar-refractivity contribution in [2.75, 3.05) is 7.11 Å². The van der Waals surface area contributed by atoms with E-state index in [0.29, 0.717) is 5.57 Å². The van der Waals surface area contributed by atoms with Gasteiger partial charge in [-0.05, 0) is 22.7 Å². The molecule has 0 saturated carbocycles. The Morgan fingerprint density at radius 3 is 2.38 bits per heavy atom. The van der Waals surface area contributed by atoms with E-state index in [1.807, 2.05) is 24.3 Å². The van der Waals surface area contributed by atoms with Crippen LogP contribution in [0.5, 0.6) is 5.75 Å². The minimum Gasteiger partial charge on any atom is -0.497 e. The minimum atomic E-state index is 0.614. The average molecular weight is 241 g/mol. The number of halogens is 1. The predicted octanol–water partition coefficient (Wildman–Crippen LogP) is 2.63. The van der Waals surface area contributed by atoms with Gasteiger partial charge in [0.15, 0.2) is 6.29 Å². The zero-order valence-electron chi connectivity index (χ0n) is 7.16. The van der Waals surface area contributed by atoms with Crippen molar-refractivity contribution in [2.45, 2.75) is 0 Å². The highest BCUT2D eigenvalue weighted by atomic mass is 79.9. The molecule has 13 heavy (non-hydrogen) atoms. The minimum absolute atomic E-state index is 0.614. The van der Waals surface area contributed by atoms with Crippen molar-refractivity contribution >= 4 is 27.8 Å². The van der Waals surface area contributed by atoms with Gasteiger partial charge in [-0.25, -0.2) is 0 Å². The van der Waals surface area contributed by atoms with Gasteiger partial charge in [-0.3, -0.25) is 4.79 Å². The Labute approximate surface area is 85.3 Å². The summed E-state index contributed by atoms with van der Waals surface area (Å²) in [4.78, 5) is 12.2. The second-order valence-electron chi connectivity index (χ2n) is 2.41. The molecule has 1 rings (SSSR count). The van der Waals surface area contributed by atoms with Crippen LogP contribution >= 0.6 is 15.9 Å². The Morgan fingerprint density at radius 2 is 2.00 bits per heavy atom. The molecule has 0 aromatic heterocycles. The molecule has 0 aliphatic rings. The van der Waals surface area contributed by atoms with E-state index in [4.69, 9.17) is 4.74 Å². The molecule has 0 bridgehead atoms. The monoisotopic (exact) mass is 240 g/mol. The van der Waals surface area contributed by atoms with Gasteiger partial charge in [0.1, 0.15) is 5.75 Å². The first-order chi connectivity index (χ1) is 6.31. The van der Waals surface area contributed by atoms with Crippen molar-refractivity contribution in [1.29, 1.82) is 0 Å². The van der Waals surface area contributed by atoms with E-state index in [1.54, 1.807) is 12.1 Å². The van der Waals surface area contributed by atoms with Crippen LogP contribution in [0.25, 0.3) is 5.57 Å². The standard InChI is InChI=1S/C10H9BrO2/c1-13-10-4-2-8(3-5-10)9(6-11)7-12/h2-7H,1H3/b9-6+. The Balaban J connectivity index is 2.97. The van der Waals surface area contributed by atoms with Gasteiger partial charge < -0.3 is 4.74 Å². The fraction of sp³-hybridized carbons (Fsp3) is 0.100. The fourth-order valence-electron chi connectivity index (χ4n) is 0.940. The quantitative estimate of drug-likeness (QED) is 0.600. The lowest BCUT2D eigenvalue weighted by molar-refractivity contribution is -0.103. The van der Waals surface area contributed by atoms with Crippen LogP contribution in [0.4, 0.5) is 0 Å². The van der Waals surface area contributed by atoms with Gasteiger partial charge in [0.25, 0.3) is 0 Å². The number of benzene rings is 1. The van der Waals surface area contributed by atoms with Gasteiger partial charge in [0, 0.05) is 5.57 Å². The summed E-state index contributed by atoms with van der Waals surface area (Å²) in [6.45, 7) is 0. The first-order valence-corrected chi connectivity index (χ1v) is 4.63. The summed E-state index contributed by atoms with van der Waals surface area (Å²) < 4.78 is 5.00. The molecule has 1 aromatic rings. The molecule has 0 aliphatic heterocycles. The van der Waals surface area contributed by atoms with Gasteiger partial charge >= 0.3 is 0 Å². The molecule has 0 aliphatic carbocycles. The number of carbonyl (C=O) groups is 1. The molecular formula is C10H9BrO2. The highest BCUT2D eigenvalue weighted by molar-refractivity contribution is 9.11. The molecule has 0 atom stereocenters. The lowest BCUT2D eigenvalue weighted by Crippen LogP contribution is -1.86. The van der Waals surface area contributed by atoms with E-state index >= 15 is 0 Å². The van der Waals surface area contributed by atoms with Crippen molar-refractivity contribution in [3.05, 3.63) is 34.8 Å². The molecule has 0 N–H and O–H groups in total. The summed E-state index contributed by atoms with van der Waals surface area (Å²) >= 11 is 3.12. The van der Waals surface area contributed by atoms with Crippen LogP contribution in [0.2, 0.25) is 0 Å². The van der Waals surface area contributed by atoms with E-state index in [0.717, 1.165) is 17.6 Å². The van der Waals surface area contributed by atoms with Crippen molar-refractivity contribution in [3.8, 4) is 5.75 Å². The van der Waals surface area contributed by atoms with Crippen LogP contribution in [0.1, 0.15) is 5.56 Å². The second kappa shape index (κ2) is 4.82. The van der Waals surface area contributed by atoms with E-state index < -0.39 is 0 Å². The van der Waals surface area contributed by atoms with Crippen molar-refractivity contribution in [2.24, 2.45) is 0 Å². The Morgan fingerprint density at radius 1 is 1.38 bits per heavy atom. The largest absolute Gasteiger partial charge is 0.497 e. The third kappa shape index (κ3) is 2.42. The Bertz CT molecular complexity index is 314. The zero-order chi connectivity index (χ0) is 9.68. The molecule has 0 unspecified atom stereocenters. The third-order valence-electron chi connectivity index (χ3n) is 1.67. The molecule has 0 saturated heterocycles. The second-order valence-corrected chi connectivity index (χ2v) is 2.87. The molecule has 0 radical (unpaired) electrons. The molecule has 0 heterocycles. The summed E-state index contributed by atoms with van der Waals surface area (Å²) in [6, 6.07) is 7.30. The summed E-state index contributed by atoms with van der Waals surface area (Å²) in [5.41, 5.74) is 1.48. The van der Waals surface area contributed by atoms with Crippen molar-refractivity contribution in [3.63, 3.8) is 0 Å². The molecule has 3 heteroatoms. The lowest BCUT2D eigenvalue weighted by Gasteiger charge is -2.01. The third-order valence-corrected chi connectivity index (χ3v) is 2.16. The van der Waals surface area contributed by atoms with Crippen LogP contribution in [-0.2, 0) is 4.79 Å². The summed E-state index contributed by atoms with van der Waals surface area (Å²) in [6.07, 6.45) is 0.802. The Kier molecular flexibility index (Phi) is 3.71. The maximum Gasteiger partial charge on any atom is 0.151 e. The van der Waals surface area contributed by atoms with Gasteiger partial charge in [0.2, 0.25) is 0 Å². The average Bonchev–Trinajstić information content (AvgIpc) is 2.21. The molecule has 68 valence electrons. The van der Waals surface area contributed by atoms with Gasteiger partial charge in [0.05, 0.1) is 7.11 Å². The van der Waals surface area contributed by atoms with Gasteiger partial charge in [-0.1, -0.05) is 28.1 Å². The van der Waals surface area contributed by atoms with Crippen LogP contribution in [0.15, 0.2) is 29.3 Å². The van der Waals surface area contributed by atoms with E-state index in [-0.39, 0.29) is 0 Å². The van der Waals surface area contributed by atoms with Crippen molar-refractivity contribution < 1.29 is 9.53 Å². The zero-order valence-corrected chi connectivity index (χ0v) is 8.74. The first-order valence-electron chi connectivity index (χ1n) is 3.72. The first kappa shape index (κ1) is 9.99. The topological polar surface area (TPSA) is 26.3 Å². The number of methoxy groups -OCH3 is 1. The van der Waals surface area contributed by atoms with E-state index in [9.17, 15) is 4.79 Å². The Hall–Kier alpha value is -1.09. The number of allylic oxidation sites excluding steroid dienone is 1. The number of aldehydes is 1. The molecule has 0 amide bonds.